The highest BCUT2D eigenvalue weighted by Gasteiger charge is 2.31. The lowest BCUT2D eigenvalue weighted by atomic mass is 9.80. The van der Waals surface area contributed by atoms with Gasteiger partial charge in [0.05, 0.1) is 12.7 Å². The summed E-state index contributed by atoms with van der Waals surface area (Å²) in [6.45, 7) is 3.86. The summed E-state index contributed by atoms with van der Waals surface area (Å²) in [6.07, 6.45) is 10.8. The van der Waals surface area contributed by atoms with Gasteiger partial charge in [-0.3, -0.25) is 0 Å². The van der Waals surface area contributed by atoms with Crippen molar-refractivity contribution < 1.29 is 14.2 Å². The molecule has 3 heterocycles. The zero-order valence-corrected chi connectivity index (χ0v) is 18.6. The Morgan fingerprint density at radius 3 is 2.81 bits per heavy atom. The molecule has 4 rings (SSSR count). The van der Waals surface area contributed by atoms with Gasteiger partial charge in [0, 0.05) is 29.6 Å². The van der Waals surface area contributed by atoms with E-state index < -0.39 is 11.4 Å². The summed E-state index contributed by atoms with van der Waals surface area (Å²) in [5, 5.41) is 21.2. The third-order valence-corrected chi connectivity index (χ3v) is 6.12. The maximum atomic E-state index is 14.5. The van der Waals surface area contributed by atoms with Crippen LogP contribution in [0.5, 0.6) is 5.88 Å². The van der Waals surface area contributed by atoms with Gasteiger partial charge in [-0.2, -0.15) is 4.98 Å². The van der Waals surface area contributed by atoms with Gasteiger partial charge in [0.2, 0.25) is 11.8 Å². The van der Waals surface area contributed by atoms with E-state index in [2.05, 4.69) is 25.7 Å². The molecular formula is C23H29FN6O2. The first-order chi connectivity index (χ1) is 15.5. The number of halogens is 1. The van der Waals surface area contributed by atoms with E-state index in [-0.39, 0.29) is 11.9 Å². The van der Waals surface area contributed by atoms with Crippen LogP contribution < -0.4 is 15.4 Å². The van der Waals surface area contributed by atoms with E-state index in [1.54, 1.807) is 36.3 Å². The van der Waals surface area contributed by atoms with E-state index in [1.165, 1.54) is 6.07 Å². The summed E-state index contributed by atoms with van der Waals surface area (Å²) in [4.78, 5) is 8.73. The number of fused-ring (bicyclic) bond motifs is 1. The fourth-order valence-corrected chi connectivity index (χ4v) is 4.12. The van der Waals surface area contributed by atoms with Gasteiger partial charge >= 0.3 is 0 Å². The molecule has 170 valence electrons. The summed E-state index contributed by atoms with van der Waals surface area (Å²) < 4.78 is 21.7. The molecule has 1 aliphatic carbocycles. The highest BCUT2D eigenvalue weighted by molar-refractivity contribution is 5.84. The quantitative estimate of drug-likeness (QED) is 0.502. The Hall–Kier alpha value is -3.20. The Morgan fingerprint density at radius 2 is 2.16 bits per heavy atom. The van der Waals surface area contributed by atoms with Gasteiger partial charge in [-0.25, -0.2) is 13.9 Å². The minimum atomic E-state index is -0.558. The number of hydrogen-bond acceptors (Lipinski definition) is 7. The van der Waals surface area contributed by atoms with Crippen molar-refractivity contribution in [1.29, 1.82) is 0 Å². The fraction of sp³-hybridized carbons (Fsp3) is 0.435. The first kappa shape index (κ1) is 22.0. The summed E-state index contributed by atoms with van der Waals surface area (Å²) in [6, 6.07) is 3.46. The molecule has 0 saturated heterocycles. The van der Waals surface area contributed by atoms with Crippen molar-refractivity contribution in [2.45, 2.75) is 57.6 Å². The number of nitrogens with zero attached hydrogens (tertiary/aromatic N) is 4. The van der Waals surface area contributed by atoms with Gasteiger partial charge in [-0.05, 0) is 57.4 Å². The Kier molecular flexibility index (Phi) is 6.27. The SMILES string of the molecule is C/C=C\Nc1ncc(-c2ccn3nc(NC4CCC(O)(CC)CC4)nc(OC)c23)cc1F. The molecule has 0 atom stereocenters. The Bertz CT molecular complexity index is 1120. The van der Waals surface area contributed by atoms with E-state index >= 15 is 0 Å². The van der Waals surface area contributed by atoms with Crippen LogP contribution in [0.3, 0.4) is 0 Å². The Balaban J connectivity index is 1.60. The van der Waals surface area contributed by atoms with E-state index in [0.29, 0.717) is 22.9 Å². The minimum absolute atomic E-state index is 0.160. The molecule has 0 radical (unpaired) electrons. The lowest BCUT2D eigenvalue weighted by Crippen LogP contribution is -2.38. The topological polar surface area (TPSA) is 96.6 Å². The van der Waals surface area contributed by atoms with Crippen LogP contribution >= 0.6 is 0 Å². The van der Waals surface area contributed by atoms with Crippen LogP contribution in [0.4, 0.5) is 16.2 Å². The molecule has 3 aromatic heterocycles. The molecular weight excluding hydrogens is 411 g/mol. The van der Waals surface area contributed by atoms with Gasteiger partial charge in [-0.15, -0.1) is 5.10 Å². The van der Waals surface area contributed by atoms with Crippen molar-refractivity contribution in [2.75, 3.05) is 17.7 Å². The predicted octanol–water partition coefficient (Wildman–Crippen LogP) is 4.38. The van der Waals surface area contributed by atoms with Crippen molar-refractivity contribution >= 4 is 17.3 Å². The Labute approximate surface area is 186 Å². The van der Waals surface area contributed by atoms with Crippen molar-refractivity contribution in [1.82, 2.24) is 19.6 Å². The zero-order valence-electron chi connectivity index (χ0n) is 18.6. The van der Waals surface area contributed by atoms with Gasteiger partial charge < -0.3 is 20.5 Å². The van der Waals surface area contributed by atoms with E-state index in [0.717, 1.165) is 37.7 Å². The largest absolute Gasteiger partial charge is 0.479 e. The van der Waals surface area contributed by atoms with Crippen LogP contribution in [0.1, 0.15) is 46.0 Å². The first-order valence-corrected chi connectivity index (χ1v) is 10.9. The van der Waals surface area contributed by atoms with Gasteiger partial charge in [0.25, 0.3) is 0 Å². The lowest BCUT2D eigenvalue weighted by molar-refractivity contribution is -0.00199. The molecule has 9 heteroatoms. The summed E-state index contributed by atoms with van der Waals surface area (Å²) in [5.41, 5.74) is 1.40. The van der Waals surface area contributed by atoms with Crippen LogP contribution in [0.15, 0.2) is 36.8 Å². The second kappa shape index (κ2) is 9.12. The predicted molar refractivity (Wildman–Crippen MR) is 122 cm³/mol. The number of hydrogen-bond donors (Lipinski definition) is 3. The maximum Gasteiger partial charge on any atom is 0.244 e. The first-order valence-electron chi connectivity index (χ1n) is 10.9. The third-order valence-electron chi connectivity index (χ3n) is 6.12. The standard InChI is InChI=1S/C23H29FN6O2/c1-4-11-25-20-18(24)13-15(14-26-20)17-8-12-30-19(17)21(32-3)28-22(29-30)27-16-6-9-23(31,5-2)10-7-16/h4,8,11-14,16,31H,5-7,9-10H2,1-3H3,(H,25,26)(H,27,29)/b11-4-. The van der Waals surface area contributed by atoms with Crippen molar-refractivity contribution in [3.63, 3.8) is 0 Å². The van der Waals surface area contributed by atoms with Crippen LogP contribution in [0.25, 0.3) is 16.6 Å². The monoisotopic (exact) mass is 440 g/mol. The molecule has 0 aliphatic heterocycles. The lowest BCUT2D eigenvalue weighted by Gasteiger charge is -2.35. The number of pyridine rings is 1. The van der Waals surface area contributed by atoms with Crippen LogP contribution in [-0.2, 0) is 0 Å². The fourth-order valence-electron chi connectivity index (χ4n) is 4.12. The smallest absolute Gasteiger partial charge is 0.244 e. The second-order valence-electron chi connectivity index (χ2n) is 8.16. The molecule has 1 fully saturated rings. The average Bonchev–Trinajstić information content (AvgIpc) is 3.23. The normalized spacial score (nSPS) is 21.2. The molecule has 0 amide bonds. The molecule has 0 spiro atoms. The molecule has 8 nitrogen and oxygen atoms in total. The summed E-state index contributed by atoms with van der Waals surface area (Å²) in [5.74, 6) is 0.550. The summed E-state index contributed by atoms with van der Waals surface area (Å²) in [7, 11) is 1.55. The number of methoxy groups -OCH3 is 1. The van der Waals surface area contributed by atoms with Crippen LogP contribution in [0.2, 0.25) is 0 Å². The third kappa shape index (κ3) is 4.38. The zero-order chi connectivity index (χ0) is 22.7. The maximum absolute atomic E-state index is 14.5. The van der Waals surface area contributed by atoms with Crippen molar-refractivity contribution in [2.24, 2.45) is 0 Å². The number of aromatic nitrogens is 4. The second-order valence-corrected chi connectivity index (χ2v) is 8.16. The highest BCUT2D eigenvalue weighted by atomic mass is 19.1. The minimum Gasteiger partial charge on any atom is -0.479 e. The van der Waals surface area contributed by atoms with Gasteiger partial charge in [0.1, 0.15) is 5.52 Å². The number of nitrogens with one attached hydrogen (secondary N) is 2. The molecule has 0 aromatic carbocycles. The number of ether oxygens (including phenoxy) is 1. The van der Waals surface area contributed by atoms with E-state index in [1.807, 2.05) is 19.9 Å². The highest BCUT2D eigenvalue weighted by Crippen LogP contribution is 2.34. The van der Waals surface area contributed by atoms with Gasteiger partial charge in [0.15, 0.2) is 11.6 Å². The average molecular weight is 441 g/mol. The van der Waals surface area contributed by atoms with Gasteiger partial charge in [-0.1, -0.05) is 13.0 Å². The van der Waals surface area contributed by atoms with E-state index in [9.17, 15) is 9.50 Å². The summed E-state index contributed by atoms with van der Waals surface area (Å²) >= 11 is 0. The van der Waals surface area contributed by atoms with Crippen LogP contribution in [0, 0.1) is 5.82 Å². The van der Waals surface area contributed by atoms with E-state index in [4.69, 9.17) is 4.74 Å². The Morgan fingerprint density at radius 1 is 1.38 bits per heavy atom. The molecule has 1 saturated carbocycles. The molecule has 0 unspecified atom stereocenters. The molecule has 32 heavy (non-hydrogen) atoms. The number of anilines is 2. The van der Waals surface area contributed by atoms with Crippen LogP contribution in [-0.4, -0.2) is 43.4 Å². The number of rotatable bonds is 7. The molecule has 0 bridgehead atoms. The molecule has 1 aliphatic rings. The number of allylic oxidation sites excluding steroid dienone is 1. The molecule has 3 N–H and O–H groups in total. The van der Waals surface area contributed by atoms with Crippen molar-refractivity contribution in [3.8, 4) is 17.0 Å². The number of aliphatic hydroxyl groups is 1. The molecule has 3 aromatic rings. The van der Waals surface area contributed by atoms with Crippen molar-refractivity contribution in [3.05, 3.63) is 42.6 Å².